The monoisotopic (exact) mass is 300 g/mol. The fraction of sp³-hybridized carbons (Fsp3) is 0.333. The molecular formula is C15H16N4O3. The van der Waals surface area contributed by atoms with Gasteiger partial charge < -0.3 is 14.2 Å². The van der Waals surface area contributed by atoms with Crippen LogP contribution in [0.2, 0.25) is 0 Å². The van der Waals surface area contributed by atoms with E-state index in [1.165, 1.54) is 12.5 Å². The second kappa shape index (κ2) is 5.97. The summed E-state index contributed by atoms with van der Waals surface area (Å²) in [6.45, 7) is 3.72. The van der Waals surface area contributed by atoms with Gasteiger partial charge >= 0.3 is 0 Å². The van der Waals surface area contributed by atoms with Crippen molar-refractivity contribution in [3.63, 3.8) is 0 Å². The quantitative estimate of drug-likeness (QED) is 0.826. The molecule has 7 nitrogen and oxygen atoms in total. The highest BCUT2D eigenvalue weighted by Gasteiger charge is 2.27. The number of aromatic nitrogens is 2. The lowest BCUT2D eigenvalue weighted by atomic mass is 10.2. The molecule has 1 aliphatic rings. The van der Waals surface area contributed by atoms with Crippen molar-refractivity contribution in [3.8, 4) is 0 Å². The van der Waals surface area contributed by atoms with Gasteiger partial charge in [0.1, 0.15) is 5.69 Å². The van der Waals surface area contributed by atoms with Crippen molar-refractivity contribution in [2.45, 2.75) is 6.92 Å². The van der Waals surface area contributed by atoms with Crippen molar-refractivity contribution < 1.29 is 14.0 Å². The summed E-state index contributed by atoms with van der Waals surface area (Å²) >= 11 is 0. The number of amides is 2. The summed E-state index contributed by atoms with van der Waals surface area (Å²) < 4.78 is 5.11. The van der Waals surface area contributed by atoms with Crippen LogP contribution >= 0.6 is 0 Å². The third kappa shape index (κ3) is 2.83. The molecule has 2 aromatic heterocycles. The Morgan fingerprint density at radius 2 is 1.73 bits per heavy atom. The van der Waals surface area contributed by atoms with Crippen LogP contribution in [-0.4, -0.2) is 57.8 Å². The lowest BCUT2D eigenvalue weighted by Crippen LogP contribution is -2.50. The van der Waals surface area contributed by atoms with E-state index in [0.29, 0.717) is 37.6 Å². The first-order valence-electron chi connectivity index (χ1n) is 7.06. The molecule has 0 spiro atoms. The summed E-state index contributed by atoms with van der Waals surface area (Å²) in [5, 5.41) is 0. The largest absolute Gasteiger partial charge is 0.459 e. The minimum Gasteiger partial charge on any atom is -0.459 e. The van der Waals surface area contributed by atoms with E-state index in [2.05, 4.69) is 9.97 Å². The van der Waals surface area contributed by atoms with Gasteiger partial charge in [0.05, 0.1) is 18.2 Å². The maximum absolute atomic E-state index is 12.3. The second-order valence-electron chi connectivity index (χ2n) is 5.10. The highest BCUT2D eigenvalue weighted by atomic mass is 16.3. The lowest BCUT2D eigenvalue weighted by molar-refractivity contribution is 0.0515. The molecule has 0 saturated carbocycles. The summed E-state index contributed by atoms with van der Waals surface area (Å²) in [5.41, 5.74) is 1.10. The van der Waals surface area contributed by atoms with Gasteiger partial charge in [0.15, 0.2) is 5.76 Å². The van der Waals surface area contributed by atoms with Gasteiger partial charge in [-0.25, -0.2) is 4.98 Å². The van der Waals surface area contributed by atoms with E-state index in [9.17, 15) is 9.59 Å². The zero-order valence-electron chi connectivity index (χ0n) is 12.2. The Labute approximate surface area is 127 Å². The zero-order chi connectivity index (χ0) is 15.5. The SMILES string of the molecule is Cc1cnc(C(=O)N2CCN(C(=O)c3ccco3)CC2)cn1. The van der Waals surface area contributed by atoms with Gasteiger partial charge in [-0.2, -0.15) is 0 Å². The first kappa shape index (κ1) is 14.2. The molecule has 0 bridgehead atoms. The number of aryl methyl sites for hydroxylation is 1. The van der Waals surface area contributed by atoms with Gasteiger partial charge in [-0.15, -0.1) is 0 Å². The highest BCUT2D eigenvalue weighted by molar-refractivity contribution is 5.93. The number of hydrogen-bond donors (Lipinski definition) is 0. The molecule has 2 amide bonds. The number of rotatable bonds is 2. The summed E-state index contributed by atoms with van der Waals surface area (Å²) in [7, 11) is 0. The van der Waals surface area contributed by atoms with Crippen LogP contribution in [0.3, 0.4) is 0 Å². The molecule has 0 radical (unpaired) electrons. The van der Waals surface area contributed by atoms with Gasteiger partial charge in [0.2, 0.25) is 0 Å². The van der Waals surface area contributed by atoms with Crippen LogP contribution in [0.15, 0.2) is 35.2 Å². The van der Waals surface area contributed by atoms with Gasteiger partial charge in [-0.05, 0) is 19.1 Å². The van der Waals surface area contributed by atoms with E-state index in [-0.39, 0.29) is 11.8 Å². The van der Waals surface area contributed by atoms with Crippen LogP contribution in [0.5, 0.6) is 0 Å². The summed E-state index contributed by atoms with van der Waals surface area (Å²) in [6, 6.07) is 3.32. The first-order chi connectivity index (χ1) is 10.6. The summed E-state index contributed by atoms with van der Waals surface area (Å²) in [5.74, 6) is 0.0222. The second-order valence-corrected chi connectivity index (χ2v) is 5.10. The predicted octanol–water partition coefficient (Wildman–Crippen LogP) is 0.976. The molecule has 114 valence electrons. The molecule has 1 saturated heterocycles. The van der Waals surface area contributed by atoms with E-state index in [1.54, 1.807) is 28.1 Å². The van der Waals surface area contributed by atoms with E-state index >= 15 is 0 Å². The van der Waals surface area contributed by atoms with E-state index in [1.807, 2.05) is 6.92 Å². The molecule has 1 aliphatic heterocycles. The van der Waals surface area contributed by atoms with Gasteiger partial charge in [0.25, 0.3) is 11.8 Å². The molecule has 2 aromatic rings. The molecule has 0 unspecified atom stereocenters. The molecule has 3 heterocycles. The fourth-order valence-corrected chi connectivity index (χ4v) is 2.33. The smallest absolute Gasteiger partial charge is 0.289 e. The molecule has 0 aliphatic carbocycles. The average Bonchev–Trinajstić information content (AvgIpc) is 3.09. The maximum Gasteiger partial charge on any atom is 0.289 e. The zero-order valence-corrected chi connectivity index (χ0v) is 12.2. The average molecular weight is 300 g/mol. The molecular weight excluding hydrogens is 284 g/mol. The Kier molecular flexibility index (Phi) is 3.86. The van der Waals surface area contributed by atoms with Crippen LogP contribution < -0.4 is 0 Å². The van der Waals surface area contributed by atoms with Crippen molar-refractivity contribution in [2.75, 3.05) is 26.2 Å². The Bertz CT molecular complexity index is 659. The Morgan fingerprint density at radius 3 is 2.27 bits per heavy atom. The molecule has 22 heavy (non-hydrogen) atoms. The number of furan rings is 1. The Balaban J connectivity index is 1.60. The summed E-state index contributed by atoms with van der Waals surface area (Å²) in [4.78, 5) is 36.0. The highest BCUT2D eigenvalue weighted by Crippen LogP contribution is 2.11. The first-order valence-corrected chi connectivity index (χ1v) is 7.06. The van der Waals surface area contributed by atoms with Gasteiger partial charge in [0, 0.05) is 32.4 Å². The van der Waals surface area contributed by atoms with Crippen molar-refractivity contribution >= 4 is 11.8 Å². The number of nitrogens with zero attached hydrogens (tertiary/aromatic N) is 4. The molecule has 1 fully saturated rings. The van der Waals surface area contributed by atoms with Crippen molar-refractivity contribution in [2.24, 2.45) is 0 Å². The number of carbonyl (C=O) groups excluding carboxylic acids is 2. The van der Waals surface area contributed by atoms with Gasteiger partial charge in [-0.1, -0.05) is 0 Å². The standard InChI is InChI=1S/C15H16N4O3/c1-11-9-17-12(10-16-11)14(20)18-4-6-19(7-5-18)15(21)13-3-2-8-22-13/h2-3,8-10H,4-7H2,1H3. The molecule has 7 heteroatoms. The number of carbonyl (C=O) groups is 2. The molecule has 0 aromatic carbocycles. The normalized spacial score (nSPS) is 15.0. The van der Waals surface area contributed by atoms with Crippen molar-refractivity contribution in [1.29, 1.82) is 0 Å². The summed E-state index contributed by atoms with van der Waals surface area (Å²) in [6.07, 6.45) is 4.53. The maximum atomic E-state index is 12.3. The van der Waals surface area contributed by atoms with Crippen molar-refractivity contribution in [3.05, 3.63) is 47.9 Å². The van der Waals surface area contributed by atoms with Crippen molar-refractivity contribution in [1.82, 2.24) is 19.8 Å². The number of hydrogen-bond acceptors (Lipinski definition) is 5. The van der Waals surface area contributed by atoms with Gasteiger partial charge in [-0.3, -0.25) is 14.6 Å². The lowest BCUT2D eigenvalue weighted by Gasteiger charge is -2.34. The molecule has 3 rings (SSSR count). The Morgan fingerprint density at radius 1 is 1.05 bits per heavy atom. The minimum absolute atomic E-state index is 0.146. The molecule has 0 atom stereocenters. The van der Waals surface area contributed by atoms with Crippen LogP contribution in [0.1, 0.15) is 26.7 Å². The number of piperazine rings is 1. The topological polar surface area (TPSA) is 79.5 Å². The van der Waals surface area contributed by atoms with E-state index in [0.717, 1.165) is 5.69 Å². The third-order valence-corrected chi connectivity index (χ3v) is 3.59. The van der Waals surface area contributed by atoms with E-state index < -0.39 is 0 Å². The van der Waals surface area contributed by atoms with Crippen LogP contribution in [0, 0.1) is 6.92 Å². The Hall–Kier alpha value is -2.70. The third-order valence-electron chi connectivity index (χ3n) is 3.59. The van der Waals surface area contributed by atoms with E-state index in [4.69, 9.17) is 4.42 Å². The predicted molar refractivity (Wildman–Crippen MR) is 77.3 cm³/mol. The van der Waals surface area contributed by atoms with Crippen LogP contribution in [0.4, 0.5) is 0 Å². The fourth-order valence-electron chi connectivity index (χ4n) is 2.33. The minimum atomic E-state index is -0.155. The van der Waals surface area contributed by atoms with Crippen LogP contribution in [-0.2, 0) is 0 Å². The molecule has 0 N–H and O–H groups in total. The van der Waals surface area contributed by atoms with Crippen LogP contribution in [0.25, 0.3) is 0 Å².